The number of alkyl halides is 3. The van der Waals surface area contributed by atoms with Gasteiger partial charge in [0.2, 0.25) is 0 Å². The molecular weight excluding hydrogens is 267 g/mol. The van der Waals surface area contributed by atoms with Gasteiger partial charge in [-0.05, 0) is 18.6 Å². The first-order valence-corrected chi connectivity index (χ1v) is 5.05. The lowest BCUT2D eigenvalue weighted by Crippen LogP contribution is -2.36. The number of nitrogens with one attached hydrogen (secondary N) is 2. The van der Waals surface area contributed by atoms with E-state index in [1.165, 1.54) is 18.2 Å². The number of nitro groups is 1. The predicted octanol–water partition coefficient (Wildman–Crippen LogP) is 2.59. The number of carbonyl (C=O) groups excluding carboxylic acids is 1. The average Bonchev–Trinajstić information content (AvgIpc) is 2.28. The van der Waals surface area contributed by atoms with Gasteiger partial charge in [0.15, 0.2) is 0 Å². The van der Waals surface area contributed by atoms with Gasteiger partial charge in [0.1, 0.15) is 12.2 Å². The van der Waals surface area contributed by atoms with Crippen LogP contribution in [0.1, 0.15) is 5.56 Å². The van der Waals surface area contributed by atoms with Gasteiger partial charge in [-0.2, -0.15) is 13.2 Å². The summed E-state index contributed by atoms with van der Waals surface area (Å²) in [6.07, 6.45) is -4.55. The summed E-state index contributed by atoms with van der Waals surface area (Å²) in [6.45, 7) is 0.0962. The number of halogens is 3. The summed E-state index contributed by atoms with van der Waals surface area (Å²) in [5.41, 5.74) is 0.0328. The maximum atomic E-state index is 11.9. The molecule has 0 saturated carbocycles. The molecule has 0 spiro atoms. The van der Waals surface area contributed by atoms with Crippen molar-refractivity contribution in [2.24, 2.45) is 0 Å². The third-order valence-corrected chi connectivity index (χ3v) is 2.05. The number of nitrogens with zero attached hydrogens (tertiary/aromatic N) is 1. The maximum absolute atomic E-state index is 11.9. The summed E-state index contributed by atoms with van der Waals surface area (Å²) < 4.78 is 35.6. The Morgan fingerprint density at radius 1 is 1.42 bits per heavy atom. The summed E-state index contributed by atoms with van der Waals surface area (Å²) >= 11 is 0. The number of nitro benzene ring substituents is 1. The van der Waals surface area contributed by atoms with Crippen molar-refractivity contribution < 1.29 is 22.9 Å². The summed E-state index contributed by atoms with van der Waals surface area (Å²) in [6, 6.07) is 2.79. The molecule has 0 aliphatic rings. The molecule has 0 fully saturated rings. The Morgan fingerprint density at radius 3 is 2.58 bits per heavy atom. The van der Waals surface area contributed by atoms with E-state index in [0.717, 1.165) is 0 Å². The first-order chi connectivity index (χ1) is 8.69. The zero-order valence-corrected chi connectivity index (χ0v) is 9.75. The minimum absolute atomic E-state index is 0.171. The Hall–Kier alpha value is -2.32. The minimum atomic E-state index is -4.55. The number of benzene rings is 1. The highest BCUT2D eigenvalue weighted by Gasteiger charge is 2.28. The monoisotopic (exact) mass is 277 g/mol. The number of hydrogen-bond acceptors (Lipinski definition) is 3. The van der Waals surface area contributed by atoms with Crippen LogP contribution in [0.5, 0.6) is 0 Å². The third kappa shape index (κ3) is 4.82. The first-order valence-electron chi connectivity index (χ1n) is 5.05. The molecule has 1 aromatic rings. The highest BCUT2D eigenvalue weighted by molar-refractivity contribution is 5.91. The molecule has 0 atom stereocenters. The Balaban J connectivity index is 2.77. The van der Waals surface area contributed by atoms with Gasteiger partial charge in [-0.1, -0.05) is 6.07 Å². The Morgan fingerprint density at radius 2 is 2.05 bits per heavy atom. The van der Waals surface area contributed by atoms with Gasteiger partial charge in [0.05, 0.1) is 4.92 Å². The molecule has 0 unspecified atom stereocenters. The van der Waals surface area contributed by atoms with Crippen LogP contribution in [0, 0.1) is 17.0 Å². The van der Waals surface area contributed by atoms with Crippen LogP contribution in [0.25, 0.3) is 0 Å². The van der Waals surface area contributed by atoms with Crippen molar-refractivity contribution in [3.63, 3.8) is 0 Å². The Kier molecular flexibility index (Phi) is 4.30. The lowest BCUT2D eigenvalue weighted by Gasteiger charge is -2.10. The molecule has 1 rings (SSSR count). The molecule has 0 heterocycles. The zero-order valence-electron chi connectivity index (χ0n) is 9.75. The van der Waals surface area contributed by atoms with Crippen molar-refractivity contribution in [2.75, 3.05) is 11.9 Å². The van der Waals surface area contributed by atoms with E-state index in [1.54, 1.807) is 12.2 Å². The summed E-state index contributed by atoms with van der Waals surface area (Å²) in [5, 5.41) is 14.3. The van der Waals surface area contributed by atoms with E-state index < -0.39 is 23.7 Å². The molecule has 2 N–H and O–H groups in total. The molecule has 0 bridgehead atoms. The van der Waals surface area contributed by atoms with Crippen LogP contribution in [-0.2, 0) is 0 Å². The van der Waals surface area contributed by atoms with Gasteiger partial charge in [0.25, 0.3) is 5.69 Å². The van der Waals surface area contributed by atoms with Crippen LogP contribution < -0.4 is 10.6 Å². The van der Waals surface area contributed by atoms with E-state index in [4.69, 9.17) is 0 Å². The highest BCUT2D eigenvalue weighted by atomic mass is 19.4. The fourth-order valence-corrected chi connectivity index (χ4v) is 1.25. The lowest BCUT2D eigenvalue weighted by atomic mass is 10.2. The fourth-order valence-electron chi connectivity index (χ4n) is 1.25. The predicted molar refractivity (Wildman–Crippen MR) is 60.9 cm³/mol. The molecular formula is C10H10F3N3O3. The van der Waals surface area contributed by atoms with E-state index >= 15 is 0 Å². The number of urea groups is 1. The number of rotatable bonds is 3. The number of aryl methyl sites for hydroxylation is 1. The van der Waals surface area contributed by atoms with E-state index in [9.17, 15) is 28.1 Å². The van der Waals surface area contributed by atoms with Crippen molar-refractivity contribution in [1.82, 2.24) is 5.32 Å². The molecule has 0 aromatic heterocycles. The molecule has 0 aliphatic heterocycles. The van der Waals surface area contributed by atoms with Crippen molar-refractivity contribution in [3.8, 4) is 0 Å². The second kappa shape index (κ2) is 5.55. The molecule has 6 nitrogen and oxygen atoms in total. The second-order valence-corrected chi connectivity index (χ2v) is 3.70. The molecule has 2 amide bonds. The van der Waals surface area contributed by atoms with Gasteiger partial charge in [-0.3, -0.25) is 10.1 Å². The van der Waals surface area contributed by atoms with Crippen LogP contribution in [0.15, 0.2) is 18.2 Å². The minimum Gasteiger partial charge on any atom is -0.329 e. The topological polar surface area (TPSA) is 84.3 Å². The van der Waals surface area contributed by atoms with Gasteiger partial charge < -0.3 is 10.6 Å². The second-order valence-electron chi connectivity index (χ2n) is 3.70. The quantitative estimate of drug-likeness (QED) is 0.657. The first kappa shape index (κ1) is 14.7. The largest absolute Gasteiger partial charge is 0.405 e. The average molecular weight is 277 g/mol. The van der Waals surface area contributed by atoms with Crippen LogP contribution in [-0.4, -0.2) is 23.7 Å². The van der Waals surface area contributed by atoms with E-state index in [-0.39, 0.29) is 11.4 Å². The molecule has 1 aromatic carbocycles. The Bertz CT molecular complexity index is 503. The SMILES string of the molecule is Cc1ccc(NC(=O)NCC(F)(F)F)c([N+](=O)[O-])c1. The van der Waals surface area contributed by atoms with Gasteiger partial charge >= 0.3 is 12.2 Å². The van der Waals surface area contributed by atoms with Crippen molar-refractivity contribution in [3.05, 3.63) is 33.9 Å². The molecule has 9 heteroatoms. The molecule has 0 aliphatic carbocycles. The molecule has 19 heavy (non-hydrogen) atoms. The van der Waals surface area contributed by atoms with Crippen LogP contribution in [0.3, 0.4) is 0 Å². The van der Waals surface area contributed by atoms with E-state index in [0.29, 0.717) is 5.56 Å². The normalized spacial score (nSPS) is 10.9. The fraction of sp³-hybridized carbons (Fsp3) is 0.300. The molecule has 0 saturated heterocycles. The number of carbonyl (C=O) groups is 1. The van der Waals surface area contributed by atoms with E-state index in [2.05, 4.69) is 0 Å². The van der Waals surface area contributed by atoms with Crippen LogP contribution >= 0.6 is 0 Å². The number of hydrogen-bond donors (Lipinski definition) is 2. The smallest absolute Gasteiger partial charge is 0.329 e. The van der Waals surface area contributed by atoms with Crippen molar-refractivity contribution in [1.29, 1.82) is 0 Å². The lowest BCUT2D eigenvalue weighted by molar-refractivity contribution is -0.384. The third-order valence-electron chi connectivity index (χ3n) is 2.05. The van der Waals surface area contributed by atoms with Gasteiger partial charge in [-0.15, -0.1) is 0 Å². The summed E-state index contributed by atoms with van der Waals surface area (Å²) in [7, 11) is 0. The van der Waals surface area contributed by atoms with Crippen molar-refractivity contribution >= 4 is 17.4 Å². The van der Waals surface area contributed by atoms with Crippen molar-refractivity contribution in [2.45, 2.75) is 13.1 Å². The number of anilines is 1. The Labute approximate surface area is 105 Å². The highest BCUT2D eigenvalue weighted by Crippen LogP contribution is 2.25. The van der Waals surface area contributed by atoms with Gasteiger partial charge in [0, 0.05) is 6.07 Å². The van der Waals surface area contributed by atoms with E-state index in [1.807, 2.05) is 5.32 Å². The zero-order chi connectivity index (χ0) is 14.6. The van der Waals surface area contributed by atoms with Crippen LogP contribution in [0.2, 0.25) is 0 Å². The number of amides is 2. The summed E-state index contributed by atoms with van der Waals surface area (Å²) in [4.78, 5) is 21.2. The van der Waals surface area contributed by atoms with Crippen LogP contribution in [0.4, 0.5) is 29.3 Å². The maximum Gasteiger partial charge on any atom is 0.405 e. The standard InChI is InChI=1S/C10H10F3N3O3/c1-6-2-3-7(8(4-6)16(18)19)15-9(17)14-5-10(11,12)13/h2-4H,5H2,1H3,(H2,14,15,17). The summed E-state index contributed by atoms with van der Waals surface area (Å²) in [5.74, 6) is 0. The molecule has 0 radical (unpaired) electrons. The molecule has 104 valence electrons. The van der Waals surface area contributed by atoms with Gasteiger partial charge in [-0.25, -0.2) is 4.79 Å².